The van der Waals surface area contributed by atoms with Gasteiger partial charge in [0.15, 0.2) is 11.0 Å². The second kappa shape index (κ2) is 9.42. The third-order valence-corrected chi connectivity index (χ3v) is 6.57. The number of rotatable bonds is 7. The van der Waals surface area contributed by atoms with Gasteiger partial charge in [-0.05, 0) is 54.8 Å². The smallest absolute Gasteiger partial charge is 0.196 e. The van der Waals surface area contributed by atoms with Crippen LogP contribution in [-0.4, -0.2) is 29.3 Å². The van der Waals surface area contributed by atoms with Crippen LogP contribution >= 0.6 is 11.8 Å². The molecular weight excluding hydrogens is 428 g/mol. The van der Waals surface area contributed by atoms with E-state index in [1.54, 1.807) is 24.2 Å². The first kappa shape index (κ1) is 21.2. The Hall–Kier alpha value is -3.71. The van der Waals surface area contributed by atoms with Gasteiger partial charge >= 0.3 is 0 Å². The fraction of sp³-hybridized carbons (Fsp3) is 0.154. The predicted octanol–water partition coefficient (Wildman–Crippen LogP) is 5.48. The molecule has 0 atom stereocenters. The summed E-state index contributed by atoms with van der Waals surface area (Å²) in [6.45, 7) is 5.04. The number of nitrogens with zero attached hydrogens (tertiary/aromatic N) is 6. The van der Waals surface area contributed by atoms with E-state index < -0.39 is 0 Å². The largest absolute Gasteiger partial charge is 0.330 e. The Labute approximate surface area is 197 Å². The minimum Gasteiger partial charge on any atom is -0.330 e. The summed E-state index contributed by atoms with van der Waals surface area (Å²) in [7, 11) is 0. The van der Waals surface area contributed by atoms with Gasteiger partial charge in [0.05, 0.1) is 11.4 Å². The Kier molecular flexibility index (Phi) is 6.04. The van der Waals surface area contributed by atoms with Gasteiger partial charge in [0, 0.05) is 36.9 Å². The highest BCUT2D eigenvalue weighted by molar-refractivity contribution is 7.98. The summed E-state index contributed by atoms with van der Waals surface area (Å²) >= 11 is 1.64. The predicted molar refractivity (Wildman–Crippen MR) is 131 cm³/mol. The van der Waals surface area contributed by atoms with Crippen molar-refractivity contribution in [2.24, 2.45) is 0 Å². The van der Waals surface area contributed by atoms with Gasteiger partial charge in [0.25, 0.3) is 0 Å². The number of benzene rings is 2. The van der Waals surface area contributed by atoms with Crippen LogP contribution in [0.3, 0.4) is 0 Å². The Balaban J connectivity index is 1.46. The van der Waals surface area contributed by atoms with Gasteiger partial charge in [-0.25, -0.2) is 4.98 Å². The van der Waals surface area contributed by atoms with Crippen LogP contribution in [0, 0.1) is 13.8 Å². The standard InChI is InChI=1S/C26H24N6S/c1-19-8-9-23(16-20(19)2)32-25(22-10-12-27-13-11-22)29-30-26(32)33-18-24-28-14-15-31(24)17-21-6-4-3-5-7-21/h3-16H,17-18H2,1-2H3. The van der Waals surface area contributed by atoms with Gasteiger partial charge in [-0.15, -0.1) is 10.2 Å². The van der Waals surface area contributed by atoms with Gasteiger partial charge in [-0.2, -0.15) is 0 Å². The lowest BCUT2D eigenvalue weighted by Gasteiger charge is -2.12. The first-order chi connectivity index (χ1) is 16.2. The van der Waals surface area contributed by atoms with Crippen LogP contribution in [0.5, 0.6) is 0 Å². The number of hydrogen-bond acceptors (Lipinski definition) is 5. The molecule has 7 heteroatoms. The topological polar surface area (TPSA) is 61.4 Å². The zero-order valence-electron chi connectivity index (χ0n) is 18.6. The summed E-state index contributed by atoms with van der Waals surface area (Å²) in [5, 5.41) is 9.93. The first-order valence-corrected chi connectivity index (χ1v) is 11.8. The Bertz CT molecular complexity index is 1360. The molecule has 0 radical (unpaired) electrons. The molecule has 0 spiro atoms. The molecular formula is C26H24N6S. The van der Waals surface area contributed by atoms with Crippen molar-refractivity contribution in [3.63, 3.8) is 0 Å². The van der Waals surface area contributed by atoms with Crippen LogP contribution in [-0.2, 0) is 12.3 Å². The molecule has 3 heterocycles. The van der Waals surface area contributed by atoms with E-state index in [1.165, 1.54) is 16.7 Å². The van der Waals surface area contributed by atoms with Crippen molar-refractivity contribution in [2.75, 3.05) is 0 Å². The maximum absolute atomic E-state index is 4.60. The summed E-state index contributed by atoms with van der Waals surface area (Å²) in [5.41, 5.74) is 5.77. The molecule has 0 unspecified atom stereocenters. The minimum absolute atomic E-state index is 0.694. The molecule has 3 aromatic heterocycles. The van der Waals surface area contributed by atoms with E-state index >= 15 is 0 Å². The van der Waals surface area contributed by atoms with E-state index in [-0.39, 0.29) is 0 Å². The maximum Gasteiger partial charge on any atom is 0.196 e. The molecule has 164 valence electrons. The lowest BCUT2D eigenvalue weighted by atomic mass is 10.1. The van der Waals surface area contributed by atoms with Gasteiger partial charge in [0.2, 0.25) is 0 Å². The van der Waals surface area contributed by atoms with Crippen LogP contribution in [0.15, 0.2) is 90.6 Å². The highest BCUT2D eigenvalue weighted by atomic mass is 32.2. The van der Waals surface area contributed by atoms with Crippen molar-refractivity contribution in [2.45, 2.75) is 31.3 Å². The monoisotopic (exact) mass is 452 g/mol. The number of aromatic nitrogens is 6. The second-order valence-corrected chi connectivity index (χ2v) is 8.83. The Morgan fingerprint density at radius 3 is 2.45 bits per heavy atom. The molecule has 0 aliphatic rings. The van der Waals surface area contributed by atoms with E-state index in [4.69, 9.17) is 0 Å². The van der Waals surface area contributed by atoms with E-state index in [0.717, 1.165) is 34.6 Å². The normalized spacial score (nSPS) is 11.1. The third-order valence-electron chi connectivity index (χ3n) is 5.65. The van der Waals surface area contributed by atoms with Crippen molar-refractivity contribution < 1.29 is 0 Å². The zero-order chi connectivity index (χ0) is 22.6. The molecule has 5 rings (SSSR count). The van der Waals surface area contributed by atoms with Crippen LogP contribution in [0.4, 0.5) is 0 Å². The number of imidazole rings is 1. The summed E-state index contributed by atoms with van der Waals surface area (Å²) in [5.74, 6) is 2.50. The Morgan fingerprint density at radius 1 is 0.848 bits per heavy atom. The molecule has 0 aliphatic carbocycles. The third kappa shape index (κ3) is 4.59. The van der Waals surface area contributed by atoms with E-state index in [2.05, 4.69) is 85.6 Å². The van der Waals surface area contributed by atoms with Crippen molar-refractivity contribution in [3.05, 3.63) is 108 Å². The summed E-state index contributed by atoms with van der Waals surface area (Å²) in [6, 6.07) is 20.8. The molecule has 0 aliphatic heterocycles. The van der Waals surface area contributed by atoms with Gasteiger partial charge < -0.3 is 4.57 Å². The van der Waals surface area contributed by atoms with Crippen molar-refractivity contribution in [1.82, 2.24) is 29.3 Å². The van der Waals surface area contributed by atoms with Gasteiger partial charge in [-0.3, -0.25) is 9.55 Å². The van der Waals surface area contributed by atoms with Crippen LogP contribution in [0.2, 0.25) is 0 Å². The SMILES string of the molecule is Cc1ccc(-n2c(SCc3nccn3Cc3ccccc3)nnc2-c2ccncc2)cc1C. The van der Waals surface area contributed by atoms with E-state index in [1.807, 2.05) is 30.6 Å². The van der Waals surface area contributed by atoms with Crippen LogP contribution < -0.4 is 0 Å². The summed E-state index contributed by atoms with van der Waals surface area (Å²) < 4.78 is 4.31. The highest BCUT2D eigenvalue weighted by Gasteiger charge is 2.17. The van der Waals surface area contributed by atoms with E-state index in [0.29, 0.717) is 5.75 Å². The molecule has 0 N–H and O–H groups in total. The number of hydrogen-bond donors (Lipinski definition) is 0. The molecule has 0 fully saturated rings. The molecule has 0 bridgehead atoms. The molecule has 0 amide bonds. The first-order valence-electron chi connectivity index (χ1n) is 10.8. The van der Waals surface area contributed by atoms with Crippen LogP contribution in [0.1, 0.15) is 22.5 Å². The van der Waals surface area contributed by atoms with Crippen molar-refractivity contribution >= 4 is 11.8 Å². The quantitative estimate of drug-likeness (QED) is 0.306. The van der Waals surface area contributed by atoms with Crippen molar-refractivity contribution in [1.29, 1.82) is 0 Å². The maximum atomic E-state index is 4.60. The number of thioether (sulfide) groups is 1. The average Bonchev–Trinajstić information content (AvgIpc) is 3.47. The fourth-order valence-corrected chi connectivity index (χ4v) is 4.60. The molecule has 0 saturated carbocycles. The molecule has 33 heavy (non-hydrogen) atoms. The van der Waals surface area contributed by atoms with Gasteiger partial charge in [0.1, 0.15) is 5.82 Å². The number of pyridine rings is 1. The molecule has 2 aromatic carbocycles. The van der Waals surface area contributed by atoms with Crippen molar-refractivity contribution in [3.8, 4) is 17.1 Å². The summed E-state index contributed by atoms with van der Waals surface area (Å²) in [4.78, 5) is 8.74. The lowest BCUT2D eigenvalue weighted by molar-refractivity contribution is 0.755. The second-order valence-electron chi connectivity index (χ2n) is 7.89. The fourth-order valence-electron chi connectivity index (χ4n) is 3.68. The number of aryl methyl sites for hydroxylation is 2. The Morgan fingerprint density at radius 2 is 1.67 bits per heavy atom. The lowest BCUT2D eigenvalue weighted by Crippen LogP contribution is -2.04. The summed E-state index contributed by atoms with van der Waals surface area (Å²) in [6.07, 6.45) is 7.44. The molecule has 5 aromatic rings. The van der Waals surface area contributed by atoms with Gasteiger partial charge in [-0.1, -0.05) is 48.2 Å². The average molecular weight is 453 g/mol. The minimum atomic E-state index is 0.694. The van der Waals surface area contributed by atoms with E-state index in [9.17, 15) is 0 Å². The molecule has 6 nitrogen and oxygen atoms in total. The van der Waals surface area contributed by atoms with Crippen LogP contribution in [0.25, 0.3) is 17.1 Å². The zero-order valence-corrected chi connectivity index (χ0v) is 19.4. The molecule has 0 saturated heterocycles. The highest BCUT2D eigenvalue weighted by Crippen LogP contribution is 2.30.